The molecule has 0 saturated carbocycles. The third-order valence-corrected chi connectivity index (χ3v) is 5.94. The van der Waals surface area contributed by atoms with Crippen molar-refractivity contribution >= 4 is 28.8 Å². The number of halogens is 1. The number of aryl methyl sites for hydroxylation is 1. The summed E-state index contributed by atoms with van der Waals surface area (Å²) in [6.07, 6.45) is 4.96. The number of thiazole rings is 1. The van der Waals surface area contributed by atoms with E-state index < -0.39 is 17.2 Å². The largest absolute Gasteiger partial charge is 0.497 e. The highest BCUT2D eigenvalue weighted by Crippen LogP contribution is 2.15. The van der Waals surface area contributed by atoms with Gasteiger partial charge >= 0.3 is 0 Å². The van der Waals surface area contributed by atoms with E-state index in [-0.39, 0.29) is 15.8 Å². The van der Waals surface area contributed by atoms with Crippen LogP contribution in [0.2, 0.25) is 0 Å². The summed E-state index contributed by atoms with van der Waals surface area (Å²) in [4.78, 5) is 26.5. The van der Waals surface area contributed by atoms with Crippen molar-refractivity contribution < 1.29 is 13.9 Å². The fourth-order valence-corrected chi connectivity index (χ4v) is 4.36. The molecular formula is C24H17FN4O3S. The number of hydrogen-bond donors (Lipinski definition) is 0. The Kier molecular flexibility index (Phi) is 6.02. The molecule has 0 amide bonds. The molecule has 0 bridgehead atoms. The maximum absolute atomic E-state index is 14.3. The van der Waals surface area contributed by atoms with Gasteiger partial charge in [-0.2, -0.15) is 10.4 Å². The summed E-state index contributed by atoms with van der Waals surface area (Å²) < 4.78 is 22.7. The van der Waals surface area contributed by atoms with Crippen LogP contribution in [0.25, 0.3) is 17.3 Å². The highest BCUT2D eigenvalue weighted by molar-refractivity contribution is 7.07. The number of carbonyl (C=O) groups excluding carboxylic acids is 1. The summed E-state index contributed by atoms with van der Waals surface area (Å²) in [5.41, 5.74) is 0.131. The van der Waals surface area contributed by atoms with Gasteiger partial charge in [-0.1, -0.05) is 12.1 Å². The first-order chi connectivity index (χ1) is 15.9. The van der Waals surface area contributed by atoms with Gasteiger partial charge in [0.1, 0.15) is 27.9 Å². The van der Waals surface area contributed by atoms with E-state index >= 15 is 0 Å². The Morgan fingerprint density at radius 3 is 2.55 bits per heavy atom. The third-order valence-electron chi connectivity index (χ3n) is 4.85. The number of nitriles is 1. The van der Waals surface area contributed by atoms with Crippen molar-refractivity contribution in [3.63, 3.8) is 0 Å². The van der Waals surface area contributed by atoms with Crippen LogP contribution in [0.5, 0.6) is 5.75 Å². The third kappa shape index (κ3) is 4.24. The molecule has 164 valence electrons. The molecule has 2 aromatic heterocycles. The Morgan fingerprint density at radius 2 is 1.94 bits per heavy atom. The monoisotopic (exact) mass is 460 g/mol. The molecule has 0 aliphatic carbocycles. The number of hydrogen-bond acceptors (Lipinski definition) is 6. The molecule has 33 heavy (non-hydrogen) atoms. The number of Topliss-reactive ketones (excluding diaryl/α,β-unsaturated/α-hetero) is 1. The zero-order chi connectivity index (χ0) is 23.5. The van der Waals surface area contributed by atoms with Crippen LogP contribution in [0.3, 0.4) is 0 Å². The van der Waals surface area contributed by atoms with Crippen LogP contribution in [-0.4, -0.2) is 27.2 Å². The maximum atomic E-state index is 14.3. The molecule has 0 spiro atoms. The Balaban J connectivity index is 2.05. The number of ketones is 1. The van der Waals surface area contributed by atoms with Crippen LogP contribution < -0.4 is 19.5 Å². The van der Waals surface area contributed by atoms with E-state index in [0.29, 0.717) is 21.5 Å². The molecular weight excluding hydrogens is 443 g/mol. The van der Waals surface area contributed by atoms with Crippen LogP contribution in [-0.2, 0) is 7.05 Å². The first kappa shape index (κ1) is 21.9. The SMILES string of the molecule is COc1ccc(-n2c(=C(C#N)C(=O)c3ccccc3F)sc(=Cc3cnn(C)c3)c2=O)cc1. The van der Waals surface area contributed by atoms with Crippen LogP contribution in [0, 0.1) is 17.1 Å². The van der Waals surface area contributed by atoms with Crippen molar-refractivity contribution in [1.29, 1.82) is 5.26 Å². The number of nitrogens with zero attached hydrogens (tertiary/aromatic N) is 4. The molecule has 0 atom stereocenters. The van der Waals surface area contributed by atoms with Gasteiger partial charge in [0.25, 0.3) is 5.56 Å². The van der Waals surface area contributed by atoms with Crippen molar-refractivity contribution in [2.24, 2.45) is 7.05 Å². The minimum atomic E-state index is -0.799. The molecule has 0 fully saturated rings. The van der Waals surface area contributed by atoms with Gasteiger partial charge in [0.2, 0.25) is 5.78 Å². The van der Waals surface area contributed by atoms with Gasteiger partial charge in [0, 0.05) is 18.8 Å². The molecule has 4 rings (SSSR count). The smallest absolute Gasteiger partial charge is 0.273 e. The molecule has 7 nitrogen and oxygen atoms in total. The van der Waals surface area contributed by atoms with E-state index in [2.05, 4.69) is 5.10 Å². The molecule has 2 heterocycles. The molecule has 0 N–H and O–H groups in total. The van der Waals surface area contributed by atoms with E-state index in [0.717, 1.165) is 17.4 Å². The minimum absolute atomic E-state index is 0.107. The van der Waals surface area contributed by atoms with Gasteiger partial charge < -0.3 is 4.74 Å². The van der Waals surface area contributed by atoms with Crippen molar-refractivity contribution in [2.45, 2.75) is 0 Å². The highest BCUT2D eigenvalue weighted by Gasteiger charge is 2.21. The molecule has 4 aromatic rings. The van der Waals surface area contributed by atoms with E-state index in [1.165, 1.54) is 29.9 Å². The van der Waals surface area contributed by atoms with Gasteiger partial charge in [-0.05, 0) is 42.5 Å². The average Bonchev–Trinajstić information content (AvgIpc) is 3.37. The van der Waals surface area contributed by atoms with E-state index in [9.17, 15) is 19.2 Å². The highest BCUT2D eigenvalue weighted by atomic mass is 32.1. The Bertz CT molecular complexity index is 1570. The molecule has 0 aliphatic heterocycles. The molecule has 0 saturated heterocycles. The van der Waals surface area contributed by atoms with Gasteiger partial charge in [-0.15, -0.1) is 11.3 Å². The fraction of sp³-hybridized carbons (Fsp3) is 0.0833. The van der Waals surface area contributed by atoms with E-state index in [1.54, 1.807) is 54.5 Å². The number of benzene rings is 2. The summed E-state index contributed by atoms with van der Waals surface area (Å²) in [6.45, 7) is 0. The number of rotatable bonds is 5. The lowest BCUT2D eigenvalue weighted by Gasteiger charge is -2.06. The number of methoxy groups -OCH3 is 1. The van der Waals surface area contributed by atoms with Gasteiger partial charge in [0.15, 0.2) is 0 Å². The van der Waals surface area contributed by atoms with Gasteiger partial charge in [0.05, 0.1) is 29.1 Å². The molecule has 0 aliphatic rings. The lowest BCUT2D eigenvalue weighted by molar-refractivity contribution is 0.105. The first-order valence-electron chi connectivity index (χ1n) is 9.73. The quantitative estimate of drug-likeness (QED) is 0.426. The van der Waals surface area contributed by atoms with E-state index in [1.807, 2.05) is 6.07 Å². The summed E-state index contributed by atoms with van der Waals surface area (Å²) in [5.74, 6) is -0.961. The Morgan fingerprint density at radius 1 is 1.21 bits per heavy atom. The molecule has 2 aromatic carbocycles. The zero-order valence-electron chi connectivity index (χ0n) is 17.7. The predicted octanol–water partition coefficient (Wildman–Crippen LogP) is 2.17. The van der Waals surface area contributed by atoms with Crippen molar-refractivity contribution in [3.05, 3.63) is 97.4 Å². The standard InChI is InChI=1S/C24H17FN4O3S/c1-28-14-15(13-27-28)11-21-23(31)29(16-7-9-17(32-2)10-8-16)24(33-21)19(12-26)22(30)18-5-3-4-6-20(18)25/h3-11,13-14H,1-2H3. The molecule has 0 unspecified atom stereocenters. The fourth-order valence-electron chi connectivity index (χ4n) is 3.26. The first-order valence-corrected chi connectivity index (χ1v) is 10.5. The average molecular weight is 460 g/mol. The maximum Gasteiger partial charge on any atom is 0.273 e. The summed E-state index contributed by atoms with van der Waals surface area (Å²) in [6, 6.07) is 13.9. The lowest BCUT2D eigenvalue weighted by atomic mass is 10.0. The second kappa shape index (κ2) is 9.06. The van der Waals surface area contributed by atoms with Crippen LogP contribution in [0.15, 0.2) is 65.7 Å². The van der Waals surface area contributed by atoms with Crippen LogP contribution >= 0.6 is 11.3 Å². The summed E-state index contributed by atoms with van der Waals surface area (Å²) >= 11 is 0.980. The zero-order valence-corrected chi connectivity index (χ0v) is 18.5. The number of ether oxygens (including phenoxy) is 1. The lowest BCUT2D eigenvalue weighted by Crippen LogP contribution is -2.31. The van der Waals surface area contributed by atoms with Crippen molar-refractivity contribution in [1.82, 2.24) is 14.3 Å². The van der Waals surface area contributed by atoms with E-state index in [4.69, 9.17) is 4.74 Å². The Hall–Kier alpha value is -4.29. The number of carbonyl (C=O) groups is 1. The van der Waals surface area contributed by atoms with Crippen molar-refractivity contribution in [2.75, 3.05) is 7.11 Å². The Labute approximate surface area is 191 Å². The van der Waals surface area contributed by atoms with Crippen molar-refractivity contribution in [3.8, 4) is 17.5 Å². The topological polar surface area (TPSA) is 89.9 Å². The normalized spacial score (nSPS) is 12.4. The second-order valence-corrected chi connectivity index (χ2v) is 8.03. The minimum Gasteiger partial charge on any atom is -0.497 e. The van der Waals surface area contributed by atoms with Gasteiger partial charge in [-0.25, -0.2) is 4.39 Å². The molecule has 0 radical (unpaired) electrons. The number of aromatic nitrogens is 3. The summed E-state index contributed by atoms with van der Waals surface area (Å²) in [7, 11) is 3.27. The van der Waals surface area contributed by atoms with Gasteiger partial charge in [-0.3, -0.25) is 18.8 Å². The molecule has 9 heteroatoms. The van der Waals surface area contributed by atoms with Crippen LogP contribution in [0.1, 0.15) is 15.9 Å². The second-order valence-electron chi connectivity index (χ2n) is 7.00. The predicted molar refractivity (Wildman–Crippen MR) is 122 cm³/mol. The van der Waals surface area contributed by atoms with Crippen LogP contribution in [0.4, 0.5) is 4.39 Å². The summed E-state index contributed by atoms with van der Waals surface area (Å²) in [5, 5.41) is 14.0.